The van der Waals surface area contributed by atoms with Crippen molar-refractivity contribution in [2.45, 2.75) is 24.6 Å². The molecule has 11 heteroatoms. The van der Waals surface area contributed by atoms with Gasteiger partial charge in [0.1, 0.15) is 16.9 Å². The summed E-state index contributed by atoms with van der Waals surface area (Å²) in [5.74, 6) is 0.788. The van der Waals surface area contributed by atoms with Crippen molar-refractivity contribution in [1.29, 1.82) is 5.26 Å². The molecule has 0 atom stereocenters. The van der Waals surface area contributed by atoms with Gasteiger partial charge in [0.2, 0.25) is 0 Å². The number of thioether (sulfide) groups is 1. The lowest BCUT2D eigenvalue weighted by Crippen LogP contribution is -1.96. The number of fused-ring (bicyclic) bond motifs is 1. The molecule has 0 saturated carbocycles. The molecule has 0 unspecified atom stereocenters. The number of imidazole rings is 1. The third-order valence-corrected chi connectivity index (χ3v) is 4.78. The molecule has 0 bridgehead atoms. The monoisotopic (exact) mass is 384 g/mol. The predicted octanol–water partition coefficient (Wildman–Crippen LogP) is 3.56. The second kappa shape index (κ2) is 7.00. The Morgan fingerprint density at radius 1 is 1.15 bits per heavy atom. The molecular formula is C16H12N6O4S. The van der Waals surface area contributed by atoms with Gasteiger partial charge in [-0.1, -0.05) is 11.8 Å². The smallest absolute Gasteiger partial charge is 0.341 e. The van der Waals surface area contributed by atoms with Crippen molar-refractivity contribution in [1.82, 2.24) is 15.0 Å². The summed E-state index contributed by atoms with van der Waals surface area (Å²) in [6.45, 7) is 3.66. The number of nitrogens with one attached hydrogen (secondary N) is 1. The van der Waals surface area contributed by atoms with Gasteiger partial charge in [0, 0.05) is 11.8 Å². The zero-order valence-corrected chi connectivity index (χ0v) is 15.0. The van der Waals surface area contributed by atoms with Crippen LogP contribution in [-0.2, 0) is 5.75 Å². The number of aromatic nitrogens is 3. The number of hydrogen-bond donors (Lipinski definition) is 1. The molecule has 3 rings (SSSR count). The van der Waals surface area contributed by atoms with Crippen molar-refractivity contribution in [2.75, 3.05) is 0 Å². The minimum Gasteiger partial charge on any atom is -0.341 e. The molecule has 1 N–H and O–H groups in total. The van der Waals surface area contributed by atoms with Crippen LogP contribution in [0.25, 0.3) is 11.0 Å². The average molecular weight is 384 g/mol. The largest absolute Gasteiger partial charge is 0.348 e. The van der Waals surface area contributed by atoms with Crippen LogP contribution in [0.4, 0.5) is 11.4 Å². The quantitative estimate of drug-likeness (QED) is 0.398. The Bertz CT molecular complexity index is 1080. The fourth-order valence-corrected chi connectivity index (χ4v) is 3.60. The van der Waals surface area contributed by atoms with Gasteiger partial charge in [-0.25, -0.2) is 9.97 Å². The Morgan fingerprint density at radius 2 is 1.81 bits per heavy atom. The van der Waals surface area contributed by atoms with E-state index in [1.165, 1.54) is 11.8 Å². The van der Waals surface area contributed by atoms with E-state index < -0.39 is 21.2 Å². The Kier molecular flexibility index (Phi) is 4.74. The van der Waals surface area contributed by atoms with Crippen molar-refractivity contribution in [3.05, 3.63) is 61.1 Å². The summed E-state index contributed by atoms with van der Waals surface area (Å²) in [4.78, 5) is 32.0. The van der Waals surface area contributed by atoms with E-state index in [1.54, 1.807) is 0 Å². The summed E-state index contributed by atoms with van der Waals surface area (Å²) in [7, 11) is 0. The van der Waals surface area contributed by atoms with Crippen LogP contribution in [-0.4, -0.2) is 24.8 Å². The van der Waals surface area contributed by atoms with Crippen LogP contribution in [0.2, 0.25) is 0 Å². The minimum absolute atomic E-state index is 0.261. The van der Waals surface area contributed by atoms with E-state index in [9.17, 15) is 25.5 Å². The average Bonchev–Trinajstić information content (AvgIpc) is 3.00. The second-order valence-electron chi connectivity index (χ2n) is 5.72. The topological polar surface area (TPSA) is 152 Å². The molecule has 10 nitrogen and oxygen atoms in total. The summed E-state index contributed by atoms with van der Waals surface area (Å²) < 4.78 is 0. The number of aromatic amines is 1. The molecule has 0 saturated heterocycles. The summed E-state index contributed by atoms with van der Waals surface area (Å²) in [5.41, 5.74) is 1.47. The number of nitro groups is 2. The first kappa shape index (κ1) is 18.3. The number of H-pyrrole nitrogens is 1. The SMILES string of the molecule is Cc1cc(C)c(C#N)c(SCc2nc3cc([N+](=O)[O-])c([N+](=O)[O-])cc3[nH]2)n1. The molecule has 0 fully saturated rings. The Morgan fingerprint density at radius 3 is 2.44 bits per heavy atom. The number of aryl methyl sites for hydroxylation is 2. The van der Waals surface area contributed by atoms with E-state index in [1.807, 2.05) is 19.9 Å². The highest BCUT2D eigenvalue weighted by Crippen LogP contribution is 2.32. The van der Waals surface area contributed by atoms with E-state index in [0.717, 1.165) is 23.4 Å². The maximum Gasteiger partial charge on any atom is 0.348 e. The Labute approximate surface area is 156 Å². The third kappa shape index (κ3) is 3.56. The summed E-state index contributed by atoms with van der Waals surface area (Å²) in [5, 5.41) is 32.0. The van der Waals surface area contributed by atoms with E-state index >= 15 is 0 Å². The molecule has 0 aliphatic heterocycles. The van der Waals surface area contributed by atoms with Crippen LogP contribution in [0.3, 0.4) is 0 Å². The first-order chi connectivity index (χ1) is 12.8. The third-order valence-electron chi connectivity index (χ3n) is 3.79. The molecule has 27 heavy (non-hydrogen) atoms. The zero-order valence-electron chi connectivity index (χ0n) is 14.2. The maximum atomic E-state index is 11.0. The standard InChI is InChI=1S/C16H12N6O4S/c1-8-3-9(2)18-16(10(8)6-17)27-7-15-19-11-4-13(21(23)24)14(22(25)26)5-12(11)20-15/h3-5H,7H2,1-2H3,(H,19,20). The minimum atomic E-state index is -0.806. The van der Waals surface area contributed by atoms with Crippen molar-refractivity contribution in [2.24, 2.45) is 0 Å². The van der Waals surface area contributed by atoms with Crippen LogP contribution < -0.4 is 0 Å². The van der Waals surface area contributed by atoms with Crippen LogP contribution in [0.1, 0.15) is 22.6 Å². The number of nitrogens with zero attached hydrogens (tertiary/aromatic N) is 5. The fraction of sp³-hybridized carbons (Fsp3) is 0.188. The van der Waals surface area contributed by atoms with E-state index in [2.05, 4.69) is 21.0 Å². The molecule has 0 aliphatic rings. The van der Waals surface area contributed by atoms with Gasteiger partial charge < -0.3 is 4.98 Å². The number of nitro benzene ring substituents is 2. The lowest BCUT2D eigenvalue weighted by molar-refractivity contribution is -0.422. The van der Waals surface area contributed by atoms with Gasteiger partial charge in [-0.05, 0) is 25.5 Å². The lowest BCUT2D eigenvalue weighted by Gasteiger charge is -2.06. The Hall–Kier alpha value is -3.52. The van der Waals surface area contributed by atoms with Gasteiger partial charge in [0.25, 0.3) is 0 Å². The van der Waals surface area contributed by atoms with Crippen LogP contribution in [0, 0.1) is 45.4 Å². The highest BCUT2D eigenvalue weighted by Gasteiger charge is 2.26. The zero-order chi connectivity index (χ0) is 19.7. The highest BCUT2D eigenvalue weighted by atomic mass is 32.2. The van der Waals surface area contributed by atoms with Crippen molar-refractivity contribution < 1.29 is 9.85 Å². The molecular weight excluding hydrogens is 372 g/mol. The van der Waals surface area contributed by atoms with Gasteiger partial charge in [-0.3, -0.25) is 20.2 Å². The van der Waals surface area contributed by atoms with Gasteiger partial charge in [-0.2, -0.15) is 5.26 Å². The predicted molar refractivity (Wildman–Crippen MR) is 97.4 cm³/mol. The molecule has 136 valence electrons. The number of benzene rings is 1. The van der Waals surface area contributed by atoms with Crippen molar-refractivity contribution in [3.63, 3.8) is 0 Å². The van der Waals surface area contributed by atoms with Gasteiger partial charge >= 0.3 is 11.4 Å². The number of nitriles is 1. The molecule has 0 spiro atoms. The van der Waals surface area contributed by atoms with Crippen LogP contribution in [0.5, 0.6) is 0 Å². The molecule has 3 aromatic rings. The molecule has 1 aromatic carbocycles. The van der Waals surface area contributed by atoms with Crippen LogP contribution >= 0.6 is 11.8 Å². The summed E-state index contributed by atoms with van der Waals surface area (Å²) >= 11 is 1.29. The molecule has 0 radical (unpaired) electrons. The highest BCUT2D eigenvalue weighted by molar-refractivity contribution is 7.98. The normalized spacial score (nSPS) is 10.7. The molecule has 0 amide bonds. The summed E-state index contributed by atoms with van der Waals surface area (Å²) in [6.07, 6.45) is 0. The number of rotatable bonds is 5. The Balaban J connectivity index is 1.94. The second-order valence-corrected chi connectivity index (χ2v) is 6.68. The van der Waals surface area contributed by atoms with E-state index in [4.69, 9.17) is 0 Å². The van der Waals surface area contributed by atoms with E-state index in [-0.39, 0.29) is 5.52 Å². The van der Waals surface area contributed by atoms with Crippen molar-refractivity contribution >= 4 is 34.2 Å². The fourth-order valence-electron chi connectivity index (χ4n) is 2.63. The molecule has 2 aromatic heterocycles. The van der Waals surface area contributed by atoms with Gasteiger partial charge in [-0.15, -0.1) is 0 Å². The van der Waals surface area contributed by atoms with E-state index in [0.29, 0.717) is 27.7 Å². The van der Waals surface area contributed by atoms with Crippen molar-refractivity contribution in [3.8, 4) is 6.07 Å². The first-order valence-electron chi connectivity index (χ1n) is 7.62. The number of hydrogen-bond acceptors (Lipinski definition) is 8. The van der Waals surface area contributed by atoms with Crippen LogP contribution in [0.15, 0.2) is 23.2 Å². The molecule has 2 heterocycles. The van der Waals surface area contributed by atoms with Gasteiger partial charge in [0.15, 0.2) is 0 Å². The lowest BCUT2D eigenvalue weighted by atomic mass is 10.1. The van der Waals surface area contributed by atoms with Gasteiger partial charge in [0.05, 0.1) is 38.3 Å². The summed E-state index contributed by atoms with van der Waals surface area (Å²) in [6, 6.07) is 6.13. The number of pyridine rings is 1. The first-order valence-corrected chi connectivity index (χ1v) is 8.61. The maximum absolute atomic E-state index is 11.0. The molecule has 0 aliphatic carbocycles.